The van der Waals surface area contributed by atoms with E-state index in [1.807, 2.05) is 25.1 Å². The highest BCUT2D eigenvalue weighted by atomic mass is 32.1. The number of amides is 1. The minimum atomic E-state index is -0.209. The highest BCUT2D eigenvalue weighted by Gasteiger charge is 2.10. The van der Waals surface area contributed by atoms with Crippen molar-refractivity contribution in [1.82, 2.24) is 4.98 Å². The summed E-state index contributed by atoms with van der Waals surface area (Å²) in [5, 5.41) is 7.07. The lowest BCUT2D eigenvalue weighted by molar-refractivity contribution is 0.102. The zero-order chi connectivity index (χ0) is 17.6. The molecule has 0 aliphatic heterocycles. The van der Waals surface area contributed by atoms with Gasteiger partial charge in [0, 0.05) is 5.56 Å². The molecule has 3 aromatic rings. The molecule has 0 spiro atoms. The molecule has 3 rings (SSSR count). The van der Waals surface area contributed by atoms with E-state index in [1.165, 1.54) is 18.4 Å². The van der Waals surface area contributed by atoms with Gasteiger partial charge in [0.1, 0.15) is 12.9 Å². The van der Waals surface area contributed by atoms with Crippen molar-refractivity contribution in [3.05, 3.63) is 53.6 Å². The number of anilines is 1. The number of aromatic nitrogens is 1. The third-order valence-electron chi connectivity index (χ3n) is 3.37. The van der Waals surface area contributed by atoms with Crippen molar-refractivity contribution in [2.45, 2.75) is 6.92 Å². The van der Waals surface area contributed by atoms with Crippen LogP contribution >= 0.6 is 11.3 Å². The number of nitrogens with zero attached hydrogens (tertiary/aromatic N) is 2. The van der Waals surface area contributed by atoms with Crippen LogP contribution in [0.5, 0.6) is 5.75 Å². The monoisotopic (exact) mass is 355 g/mol. The molecule has 0 aliphatic carbocycles. The number of thiazole rings is 1. The van der Waals surface area contributed by atoms with Gasteiger partial charge in [-0.15, -0.1) is 0 Å². The molecule has 0 saturated carbocycles. The molecule has 7 heteroatoms. The Morgan fingerprint density at radius 2 is 2.08 bits per heavy atom. The van der Waals surface area contributed by atoms with Gasteiger partial charge in [-0.05, 0) is 42.8 Å². The molecule has 1 N–H and O–H groups in total. The topological polar surface area (TPSA) is 72.8 Å². The number of rotatable bonds is 6. The molecule has 6 nitrogen and oxygen atoms in total. The number of nitrogens with one attached hydrogen (secondary N) is 1. The van der Waals surface area contributed by atoms with Crippen LogP contribution in [0, 0.1) is 0 Å². The summed E-state index contributed by atoms with van der Waals surface area (Å²) in [5.41, 5.74) is 2.22. The fraction of sp³-hybridized carbons (Fsp3) is 0.167. The number of hydrogen-bond donors (Lipinski definition) is 1. The maximum Gasteiger partial charge on any atom is 0.257 e. The quantitative estimate of drug-likeness (QED) is 0.537. The first-order valence-corrected chi connectivity index (χ1v) is 8.52. The van der Waals surface area contributed by atoms with Crippen molar-refractivity contribution >= 4 is 38.8 Å². The first kappa shape index (κ1) is 16.9. The number of ether oxygens (including phenoxy) is 1. The average molecular weight is 355 g/mol. The van der Waals surface area contributed by atoms with Crippen molar-refractivity contribution in [2.24, 2.45) is 5.16 Å². The molecule has 0 radical (unpaired) electrons. The molecule has 1 amide bonds. The molecule has 1 aromatic heterocycles. The SMILES string of the molecule is CCOc1ccc2nc(NC(=O)c3ccc(/C=N/OC)cc3)sc2c1. The first-order chi connectivity index (χ1) is 12.2. The molecule has 0 unspecified atom stereocenters. The van der Waals surface area contributed by atoms with Crippen molar-refractivity contribution in [2.75, 3.05) is 19.0 Å². The van der Waals surface area contributed by atoms with Gasteiger partial charge < -0.3 is 9.57 Å². The van der Waals surface area contributed by atoms with Gasteiger partial charge in [0.15, 0.2) is 5.13 Å². The highest BCUT2D eigenvalue weighted by molar-refractivity contribution is 7.22. The predicted octanol–water partition coefficient (Wildman–Crippen LogP) is 3.93. The van der Waals surface area contributed by atoms with Crippen LogP contribution in [0.15, 0.2) is 47.6 Å². The number of carbonyl (C=O) groups excluding carboxylic acids is 1. The van der Waals surface area contributed by atoms with E-state index >= 15 is 0 Å². The van der Waals surface area contributed by atoms with Crippen LogP contribution in [-0.2, 0) is 4.84 Å². The highest BCUT2D eigenvalue weighted by Crippen LogP contribution is 2.29. The summed E-state index contributed by atoms with van der Waals surface area (Å²) >= 11 is 1.41. The van der Waals surface area contributed by atoms with Gasteiger partial charge in [0.05, 0.1) is 23.0 Å². The van der Waals surface area contributed by atoms with E-state index in [-0.39, 0.29) is 5.91 Å². The van der Waals surface area contributed by atoms with Gasteiger partial charge in [-0.25, -0.2) is 4.98 Å². The van der Waals surface area contributed by atoms with Crippen LogP contribution in [0.4, 0.5) is 5.13 Å². The lowest BCUT2D eigenvalue weighted by Gasteiger charge is -2.01. The predicted molar refractivity (Wildman–Crippen MR) is 99.8 cm³/mol. The van der Waals surface area contributed by atoms with Gasteiger partial charge in [0.25, 0.3) is 5.91 Å². The van der Waals surface area contributed by atoms with Gasteiger partial charge >= 0.3 is 0 Å². The number of benzene rings is 2. The molecule has 0 saturated heterocycles. The molecule has 25 heavy (non-hydrogen) atoms. The molecule has 2 aromatic carbocycles. The van der Waals surface area contributed by atoms with Crippen LogP contribution in [0.3, 0.4) is 0 Å². The lowest BCUT2D eigenvalue weighted by atomic mass is 10.1. The van der Waals surface area contributed by atoms with E-state index in [0.29, 0.717) is 17.3 Å². The summed E-state index contributed by atoms with van der Waals surface area (Å²) in [4.78, 5) is 21.4. The second kappa shape index (κ2) is 7.76. The summed E-state index contributed by atoms with van der Waals surface area (Å²) in [7, 11) is 1.48. The van der Waals surface area contributed by atoms with E-state index in [2.05, 4.69) is 20.3 Å². The van der Waals surface area contributed by atoms with E-state index in [0.717, 1.165) is 21.5 Å². The van der Waals surface area contributed by atoms with Crippen molar-refractivity contribution < 1.29 is 14.4 Å². The molecule has 0 fully saturated rings. The average Bonchev–Trinajstić information content (AvgIpc) is 3.02. The van der Waals surface area contributed by atoms with Crippen LogP contribution in [0.25, 0.3) is 10.2 Å². The Morgan fingerprint density at radius 1 is 1.28 bits per heavy atom. The third-order valence-corrected chi connectivity index (χ3v) is 4.31. The summed E-state index contributed by atoms with van der Waals surface area (Å²) < 4.78 is 6.45. The first-order valence-electron chi connectivity index (χ1n) is 7.71. The van der Waals surface area contributed by atoms with Crippen LogP contribution in [0.1, 0.15) is 22.8 Å². The Kier molecular flexibility index (Phi) is 5.25. The standard InChI is InChI=1S/C18H17N3O3S/c1-3-24-14-8-9-15-16(10-14)25-18(20-15)21-17(22)13-6-4-12(5-7-13)11-19-23-2/h4-11H,3H2,1-2H3,(H,20,21,22)/b19-11+. The Morgan fingerprint density at radius 3 is 2.80 bits per heavy atom. The van der Waals surface area contributed by atoms with E-state index < -0.39 is 0 Å². The number of fused-ring (bicyclic) bond motifs is 1. The van der Waals surface area contributed by atoms with Gasteiger partial charge in [-0.2, -0.15) is 0 Å². The Balaban J connectivity index is 1.73. The van der Waals surface area contributed by atoms with Crippen molar-refractivity contribution in [3.63, 3.8) is 0 Å². The maximum atomic E-state index is 12.4. The Hall–Kier alpha value is -2.93. The second-order valence-corrected chi connectivity index (χ2v) is 6.11. The van der Waals surface area contributed by atoms with E-state index in [9.17, 15) is 4.79 Å². The summed E-state index contributed by atoms with van der Waals surface area (Å²) in [6, 6.07) is 12.7. The third kappa shape index (κ3) is 4.13. The minimum absolute atomic E-state index is 0.209. The zero-order valence-electron chi connectivity index (χ0n) is 13.9. The Bertz CT molecular complexity index is 904. The molecule has 128 valence electrons. The van der Waals surface area contributed by atoms with Gasteiger partial charge in [0.2, 0.25) is 0 Å². The second-order valence-electron chi connectivity index (χ2n) is 5.07. The minimum Gasteiger partial charge on any atom is -0.494 e. The fourth-order valence-corrected chi connectivity index (χ4v) is 3.11. The van der Waals surface area contributed by atoms with Crippen LogP contribution < -0.4 is 10.1 Å². The summed E-state index contributed by atoms with van der Waals surface area (Å²) in [5.74, 6) is 0.587. The van der Waals surface area contributed by atoms with Gasteiger partial charge in [-0.1, -0.05) is 28.6 Å². The summed E-state index contributed by atoms with van der Waals surface area (Å²) in [6.45, 7) is 2.55. The van der Waals surface area contributed by atoms with Crippen molar-refractivity contribution in [3.8, 4) is 5.75 Å². The molecular weight excluding hydrogens is 338 g/mol. The van der Waals surface area contributed by atoms with Crippen molar-refractivity contribution in [1.29, 1.82) is 0 Å². The Labute approximate surface area is 149 Å². The normalized spacial score (nSPS) is 11.0. The number of carbonyl (C=O) groups is 1. The molecule has 0 atom stereocenters. The molecule has 0 bridgehead atoms. The molecule has 1 heterocycles. The largest absolute Gasteiger partial charge is 0.494 e. The zero-order valence-corrected chi connectivity index (χ0v) is 14.7. The van der Waals surface area contributed by atoms with Crippen LogP contribution in [-0.4, -0.2) is 30.8 Å². The smallest absolute Gasteiger partial charge is 0.257 e. The molecule has 0 aliphatic rings. The van der Waals surface area contributed by atoms with E-state index in [1.54, 1.807) is 30.5 Å². The number of oxime groups is 1. The van der Waals surface area contributed by atoms with Gasteiger partial charge in [-0.3, -0.25) is 10.1 Å². The lowest BCUT2D eigenvalue weighted by Crippen LogP contribution is -2.11. The fourth-order valence-electron chi connectivity index (χ4n) is 2.22. The van der Waals surface area contributed by atoms with Crippen LogP contribution in [0.2, 0.25) is 0 Å². The maximum absolute atomic E-state index is 12.4. The van der Waals surface area contributed by atoms with E-state index in [4.69, 9.17) is 4.74 Å². The molecular formula is C18H17N3O3S. The summed E-state index contributed by atoms with van der Waals surface area (Å²) in [6.07, 6.45) is 1.57. The number of hydrogen-bond acceptors (Lipinski definition) is 6.